The Bertz CT molecular complexity index is 466. The molecule has 0 heterocycles. The topological polar surface area (TPSA) is 24.1 Å². The van der Waals surface area contributed by atoms with E-state index >= 15 is 0 Å². The molecular weight excluding hydrogens is 220 g/mol. The van der Waals surface area contributed by atoms with Crippen molar-refractivity contribution in [3.8, 4) is 0 Å². The first-order valence-corrected chi connectivity index (χ1v) is 6.33. The lowest BCUT2D eigenvalue weighted by Gasteiger charge is -2.13. The molecule has 18 heavy (non-hydrogen) atoms. The van der Waals surface area contributed by atoms with E-state index in [1.807, 2.05) is 14.1 Å². The Balaban J connectivity index is 1.99. The molecule has 1 aliphatic rings. The smallest absolute Gasteiger partial charge is 0.0337 e. The van der Waals surface area contributed by atoms with Crippen LogP contribution in [0.25, 0.3) is 6.08 Å². The fourth-order valence-corrected chi connectivity index (χ4v) is 1.93. The monoisotopic (exact) mass is 240 g/mol. The Labute approximate surface area is 109 Å². The van der Waals surface area contributed by atoms with Gasteiger partial charge in [0.25, 0.3) is 0 Å². The molecular formula is C16H20N2. The molecule has 1 aromatic carbocycles. The maximum absolute atomic E-state index is 3.25. The summed E-state index contributed by atoms with van der Waals surface area (Å²) >= 11 is 0. The van der Waals surface area contributed by atoms with Crippen molar-refractivity contribution in [1.82, 2.24) is 5.32 Å². The average molecular weight is 240 g/mol. The van der Waals surface area contributed by atoms with Crippen molar-refractivity contribution < 1.29 is 0 Å². The number of anilines is 1. The molecule has 0 amide bonds. The maximum Gasteiger partial charge on any atom is 0.0337 e. The molecule has 0 aromatic heterocycles. The SMILES string of the molecule is CNc1ccc(/C=C/C2=CCC(NC)C=C2)cc1. The maximum atomic E-state index is 3.25. The molecule has 0 radical (unpaired) electrons. The van der Waals surface area contributed by atoms with Gasteiger partial charge in [-0.05, 0) is 36.7 Å². The molecule has 2 rings (SSSR count). The summed E-state index contributed by atoms with van der Waals surface area (Å²) in [6.45, 7) is 0. The summed E-state index contributed by atoms with van der Waals surface area (Å²) in [7, 11) is 3.92. The van der Waals surface area contributed by atoms with Gasteiger partial charge in [0.2, 0.25) is 0 Å². The molecule has 0 saturated heterocycles. The van der Waals surface area contributed by atoms with E-state index in [0.717, 1.165) is 12.1 Å². The predicted molar refractivity (Wildman–Crippen MR) is 79.7 cm³/mol. The second kappa shape index (κ2) is 6.22. The van der Waals surface area contributed by atoms with Gasteiger partial charge in [0.15, 0.2) is 0 Å². The van der Waals surface area contributed by atoms with Gasteiger partial charge in [-0.25, -0.2) is 0 Å². The Hall–Kier alpha value is -1.80. The highest BCUT2D eigenvalue weighted by molar-refractivity contribution is 5.58. The molecule has 2 nitrogen and oxygen atoms in total. The predicted octanol–water partition coefficient (Wildman–Crippen LogP) is 3.22. The standard InChI is InChI=1S/C16H20N2/c1-17-15-9-5-13(6-10-15)3-4-14-7-11-16(18-2)12-8-14/h3-11,16-18H,12H2,1-2H3/b4-3+. The van der Waals surface area contributed by atoms with Crippen LogP contribution in [0, 0.1) is 0 Å². The summed E-state index contributed by atoms with van der Waals surface area (Å²) in [6, 6.07) is 8.89. The Kier molecular flexibility index (Phi) is 4.37. The number of hydrogen-bond acceptors (Lipinski definition) is 2. The van der Waals surface area contributed by atoms with Crippen molar-refractivity contribution >= 4 is 11.8 Å². The van der Waals surface area contributed by atoms with Gasteiger partial charge >= 0.3 is 0 Å². The Morgan fingerprint density at radius 1 is 1.11 bits per heavy atom. The van der Waals surface area contributed by atoms with Crippen LogP contribution in [-0.2, 0) is 0 Å². The van der Waals surface area contributed by atoms with E-state index in [0.29, 0.717) is 6.04 Å². The first kappa shape index (κ1) is 12.7. The van der Waals surface area contributed by atoms with Crippen LogP contribution in [-0.4, -0.2) is 20.1 Å². The second-order valence-electron chi connectivity index (χ2n) is 4.40. The zero-order chi connectivity index (χ0) is 12.8. The third kappa shape index (κ3) is 3.34. The fourth-order valence-electron chi connectivity index (χ4n) is 1.93. The van der Waals surface area contributed by atoms with Gasteiger partial charge in [-0.1, -0.05) is 42.5 Å². The first-order chi connectivity index (χ1) is 8.81. The lowest BCUT2D eigenvalue weighted by molar-refractivity contribution is 0.670. The normalized spacial score (nSPS) is 19.0. The summed E-state index contributed by atoms with van der Waals surface area (Å²) in [5, 5.41) is 6.37. The average Bonchev–Trinajstić information content (AvgIpc) is 2.46. The largest absolute Gasteiger partial charge is 0.388 e. The molecule has 1 aliphatic carbocycles. The Morgan fingerprint density at radius 2 is 1.89 bits per heavy atom. The second-order valence-corrected chi connectivity index (χ2v) is 4.40. The van der Waals surface area contributed by atoms with Crippen LogP contribution in [0.2, 0.25) is 0 Å². The third-order valence-electron chi connectivity index (χ3n) is 3.17. The van der Waals surface area contributed by atoms with Crippen molar-refractivity contribution in [3.63, 3.8) is 0 Å². The van der Waals surface area contributed by atoms with Crippen molar-refractivity contribution in [3.05, 3.63) is 59.7 Å². The minimum atomic E-state index is 0.483. The zero-order valence-corrected chi connectivity index (χ0v) is 11.0. The van der Waals surface area contributed by atoms with Crippen LogP contribution in [0.3, 0.4) is 0 Å². The molecule has 0 spiro atoms. The molecule has 2 N–H and O–H groups in total. The highest BCUT2D eigenvalue weighted by Crippen LogP contribution is 2.14. The lowest BCUT2D eigenvalue weighted by atomic mass is 10.0. The summed E-state index contributed by atoms with van der Waals surface area (Å²) in [5.41, 5.74) is 3.64. The number of nitrogens with one attached hydrogen (secondary N) is 2. The van der Waals surface area contributed by atoms with E-state index in [1.165, 1.54) is 11.1 Å². The zero-order valence-electron chi connectivity index (χ0n) is 11.0. The van der Waals surface area contributed by atoms with Crippen LogP contribution < -0.4 is 10.6 Å². The summed E-state index contributed by atoms with van der Waals surface area (Å²) in [5.74, 6) is 0. The number of rotatable bonds is 4. The highest BCUT2D eigenvalue weighted by Gasteiger charge is 2.03. The van der Waals surface area contributed by atoms with Gasteiger partial charge in [0, 0.05) is 18.8 Å². The van der Waals surface area contributed by atoms with Gasteiger partial charge in [-0.3, -0.25) is 0 Å². The highest BCUT2D eigenvalue weighted by atomic mass is 14.9. The van der Waals surface area contributed by atoms with Gasteiger partial charge < -0.3 is 10.6 Å². The third-order valence-corrected chi connectivity index (χ3v) is 3.17. The molecule has 0 fully saturated rings. The number of benzene rings is 1. The number of hydrogen-bond donors (Lipinski definition) is 2. The van der Waals surface area contributed by atoms with E-state index in [4.69, 9.17) is 0 Å². The number of allylic oxidation sites excluding steroid dienone is 3. The van der Waals surface area contributed by atoms with E-state index < -0.39 is 0 Å². The summed E-state index contributed by atoms with van der Waals surface area (Å²) < 4.78 is 0. The van der Waals surface area contributed by atoms with Crippen molar-refractivity contribution in [1.29, 1.82) is 0 Å². The minimum absolute atomic E-state index is 0.483. The molecule has 94 valence electrons. The van der Waals surface area contributed by atoms with Crippen LogP contribution in [0.1, 0.15) is 12.0 Å². The summed E-state index contributed by atoms with van der Waals surface area (Å²) in [4.78, 5) is 0. The lowest BCUT2D eigenvalue weighted by Crippen LogP contribution is -2.23. The van der Waals surface area contributed by atoms with Crippen molar-refractivity contribution in [2.24, 2.45) is 0 Å². The molecule has 0 saturated carbocycles. The van der Waals surface area contributed by atoms with E-state index in [-0.39, 0.29) is 0 Å². The van der Waals surface area contributed by atoms with Crippen LogP contribution in [0.4, 0.5) is 5.69 Å². The van der Waals surface area contributed by atoms with E-state index in [9.17, 15) is 0 Å². The van der Waals surface area contributed by atoms with Gasteiger partial charge in [0.1, 0.15) is 0 Å². The quantitative estimate of drug-likeness (QED) is 0.844. The van der Waals surface area contributed by atoms with Gasteiger partial charge in [-0.2, -0.15) is 0 Å². The molecule has 0 aliphatic heterocycles. The van der Waals surface area contributed by atoms with Gasteiger partial charge in [-0.15, -0.1) is 0 Å². The van der Waals surface area contributed by atoms with Crippen molar-refractivity contribution in [2.45, 2.75) is 12.5 Å². The fraction of sp³-hybridized carbons (Fsp3) is 0.250. The molecule has 0 bridgehead atoms. The molecule has 1 aromatic rings. The molecule has 2 heteroatoms. The van der Waals surface area contributed by atoms with E-state index in [2.05, 4.69) is 65.3 Å². The molecule has 1 atom stereocenters. The van der Waals surface area contributed by atoms with E-state index in [1.54, 1.807) is 0 Å². The minimum Gasteiger partial charge on any atom is -0.388 e. The van der Waals surface area contributed by atoms with Crippen LogP contribution in [0.15, 0.2) is 54.1 Å². The first-order valence-electron chi connectivity index (χ1n) is 6.33. The number of likely N-dealkylation sites (N-methyl/N-ethyl adjacent to an activating group) is 1. The van der Waals surface area contributed by atoms with Crippen LogP contribution >= 0.6 is 0 Å². The summed E-state index contributed by atoms with van der Waals surface area (Å²) in [6.07, 6.45) is 12.0. The van der Waals surface area contributed by atoms with Crippen LogP contribution in [0.5, 0.6) is 0 Å². The molecule has 1 unspecified atom stereocenters. The van der Waals surface area contributed by atoms with Gasteiger partial charge in [0.05, 0.1) is 0 Å². The van der Waals surface area contributed by atoms with Crippen molar-refractivity contribution in [2.75, 3.05) is 19.4 Å². The Morgan fingerprint density at radius 3 is 2.44 bits per heavy atom.